The van der Waals surface area contributed by atoms with Gasteiger partial charge in [-0.3, -0.25) is 4.79 Å². The van der Waals surface area contributed by atoms with E-state index in [4.69, 9.17) is 32.9 Å². The third kappa shape index (κ3) is 5.91. The second-order valence-corrected chi connectivity index (χ2v) is 10.4. The Morgan fingerprint density at radius 1 is 1.00 bits per heavy atom. The summed E-state index contributed by atoms with van der Waals surface area (Å²) in [4.78, 5) is 23.0. The number of nitrogens with zero attached hydrogens (tertiary/aromatic N) is 2. The van der Waals surface area contributed by atoms with Crippen molar-refractivity contribution in [1.29, 1.82) is 0 Å². The number of rotatable bonds is 8. The molecule has 0 saturated heterocycles. The van der Waals surface area contributed by atoms with Gasteiger partial charge in [0.1, 0.15) is 6.61 Å². The Morgan fingerprint density at radius 2 is 1.70 bits per heavy atom. The first-order valence-corrected chi connectivity index (χ1v) is 13.5. The van der Waals surface area contributed by atoms with Gasteiger partial charge in [-0.1, -0.05) is 76.0 Å². The van der Waals surface area contributed by atoms with Crippen LogP contribution in [0.3, 0.4) is 0 Å². The molecule has 1 unspecified atom stereocenters. The van der Waals surface area contributed by atoms with Crippen LogP contribution in [0.4, 0.5) is 26.3 Å². The van der Waals surface area contributed by atoms with Crippen molar-refractivity contribution in [2.45, 2.75) is 24.8 Å². The molecule has 44 heavy (non-hydrogen) atoms. The van der Waals surface area contributed by atoms with Gasteiger partial charge in [-0.05, 0) is 35.0 Å². The molecule has 0 radical (unpaired) electrons. The average molecular weight is 654 g/mol. The van der Waals surface area contributed by atoms with E-state index in [1.807, 2.05) is 0 Å². The van der Waals surface area contributed by atoms with Crippen LogP contribution < -0.4 is 5.32 Å². The van der Waals surface area contributed by atoms with Crippen LogP contribution in [0.25, 0.3) is 10.8 Å². The third-order valence-electron chi connectivity index (χ3n) is 6.87. The maximum atomic E-state index is 14.5. The molecule has 14 heteroatoms. The van der Waals surface area contributed by atoms with Crippen LogP contribution >= 0.6 is 23.2 Å². The van der Waals surface area contributed by atoms with Crippen LogP contribution in [0.1, 0.15) is 33.5 Å². The van der Waals surface area contributed by atoms with Gasteiger partial charge in [-0.25, -0.2) is 13.2 Å². The molecule has 1 N–H and O–H groups in total. The van der Waals surface area contributed by atoms with Crippen LogP contribution in [0.15, 0.2) is 77.0 Å². The first kappa shape index (κ1) is 31.1. The lowest BCUT2D eigenvalue weighted by molar-refractivity contribution is -0.275. The van der Waals surface area contributed by atoms with Gasteiger partial charge < -0.3 is 15.0 Å². The number of halogens is 8. The van der Waals surface area contributed by atoms with Crippen LogP contribution in [0.5, 0.6) is 0 Å². The van der Waals surface area contributed by atoms with Crippen molar-refractivity contribution in [1.82, 2.24) is 5.32 Å². The van der Waals surface area contributed by atoms with Crippen molar-refractivity contribution in [2.24, 2.45) is 10.3 Å². The van der Waals surface area contributed by atoms with Gasteiger partial charge in [0, 0.05) is 28.7 Å². The highest BCUT2D eigenvalue weighted by Crippen LogP contribution is 2.50. The minimum atomic E-state index is -4.99. The first-order valence-electron chi connectivity index (χ1n) is 12.8. The number of amides is 1. The molecule has 1 heterocycles. The van der Waals surface area contributed by atoms with Gasteiger partial charge in [0.15, 0.2) is 17.5 Å². The summed E-state index contributed by atoms with van der Waals surface area (Å²) in [5.74, 6) is -3.66. The quantitative estimate of drug-likeness (QED) is 0.0904. The largest absolute Gasteiger partial charge is 0.435 e. The van der Waals surface area contributed by atoms with E-state index in [-0.39, 0.29) is 35.6 Å². The lowest BCUT2D eigenvalue weighted by Gasteiger charge is -2.29. The molecule has 6 nitrogen and oxygen atoms in total. The monoisotopic (exact) mass is 653 g/mol. The predicted molar refractivity (Wildman–Crippen MR) is 152 cm³/mol. The smallest absolute Gasteiger partial charge is 0.391 e. The van der Waals surface area contributed by atoms with E-state index in [1.165, 1.54) is 30.5 Å². The molecule has 228 valence electrons. The number of benzene rings is 4. The van der Waals surface area contributed by atoms with Gasteiger partial charge in [-0.15, -0.1) is 0 Å². The maximum absolute atomic E-state index is 14.5. The molecular weight excluding hydrogens is 635 g/mol. The zero-order valence-electron chi connectivity index (χ0n) is 22.2. The number of hydrogen-bond donors (Lipinski definition) is 1. The molecule has 1 amide bonds. The van der Waals surface area contributed by atoms with Gasteiger partial charge in [0.2, 0.25) is 0 Å². The molecular formula is C30H19Cl2F6N3O3. The second-order valence-electron chi connectivity index (χ2n) is 9.58. The summed E-state index contributed by atoms with van der Waals surface area (Å²) in [5.41, 5.74) is -3.12. The third-order valence-corrected chi connectivity index (χ3v) is 7.42. The van der Waals surface area contributed by atoms with Crippen molar-refractivity contribution in [3.63, 3.8) is 0 Å². The molecule has 5 rings (SSSR count). The van der Waals surface area contributed by atoms with E-state index in [9.17, 15) is 31.1 Å². The first-order chi connectivity index (χ1) is 20.9. The number of nitrogens with one attached hydrogen (secondary N) is 1. The average Bonchev–Trinajstić information content (AvgIpc) is 3.46. The van der Waals surface area contributed by atoms with Gasteiger partial charge in [-0.2, -0.15) is 13.2 Å². The molecule has 0 saturated carbocycles. The second kappa shape index (κ2) is 12.4. The minimum absolute atomic E-state index is 0.0345. The molecule has 1 aliphatic heterocycles. The summed E-state index contributed by atoms with van der Waals surface area (Å²) in [6.45, 7) is -0.414. The van der Waals surface area contributed by atoms with E-state index in [1.54, 1.807) is 24.3 Å². The Balaban J connectivity index is 1.33. The van der Waals surface area contributed by atoms with Gasteiger partial charge in [0.05, 0.1) is 28.5 Å². The molecule has 0 bridgehead atoms. The van der Waals surface area contributed by atoms with E-state index in [2.05, 4.69) is 15.6 Å². The van der Waals surface area contributed by atoms with Crippen LogP contribution in [-0.4, -0.2) is 30.6 Å². The predicted octanol–water partition coefficient (Wildman–Crippen LogP) is 8.08. The summed E-state index contributed by atoms with van der Waals surface area (Å²) in [5, 5.41) is 9.61. The molecule has 4 aromatic rings. The minimum Gasteiger partial charge on any atom is -0.391 e. The van der Waals surface area contributed by atoms with Crippen LogP contribution in [-0.2, 0) is 21.9 Å². The van der Waals surface area contributed by atoms with Crippen molar-refractivity contribution >= 4 is 51.8 Å². The summed E-state index contributed by atoms with van der Waals surface area (Å²) < 4.78 is 84.4. The molecule has 0 aliphatic carbocycles. The highest BCUT2D eigenvalue weighted by atomic mass is 35.5. The van der Waals surface area contributed by atoms with Gasteiger partial charge >= 0.3 is 6.18 Å². The standard InChI is InChI=1S/C30H19Cl2F6N3O3/c31-22-12-17(13-23(32)27(22)35)29(30(36,37)38)14-25(41-44-29)20-8-9-21(19-6-2-1-5-18(19)20)28(42)39-10-11-40-43-15-16-4-3-7-24(33)26(16)34/h1-9,11-13H,10,14-15H2,(H,39,42). The van der Waals surface area contributed by atoms with Crippen LogP contribution in [0, 0.1) is 17.5 Å². The molecule has 0 aromatic heterocycles. The summed E-state index contributed by atoms with van der Waals surface area (Å²) in [7, 11) is 0. The van der Waals surface area contributed by atoms with Crippen molar-refractivity contribution in [2.75, 3.05) is 6.54 Å². The lowest BCUT2D eigenvalue weighted by atomic mass is 9.85. The Labute approximate surface area is 255 Å². The SMILES string of the molecule is O=C(NCC=NOCc1cccc(F)c1F)c1ccc(C2=NOC(c3cc(Cl)c(F)c(Cl)c3)(C(F)(F)F)C2)c2ccccc12. The molecule has 1 atom stereocenters. The normalized spacial score (nSPS) is 16.7. The summed E-state index contributed by atoms with van der Waals surface area (Å²) in [6, 6.07) is 14.6. The Bertz CT molecular complexity index is 1790. The van der Waals surface area contributed by atoms with Crippen LogP contribution in [0.2, 0.25) is 10.0 Å². The van der Waals surface area contributed by atoms with E-state index in [0.717, 1.165) is 18.2 Å². The fourth-order valence-electron chi connectivity index (χ4n) is 4.68. The zero-order chi connectivity index (χ0) is 31.6. The molecule has 4 aromatic carbocycles. The highest BCUT2D eigenvalue weighted by molar-refractivity contribution is 6.35. The number of hydrogen-bond acceptors (Lipinski definition) is 5. The van der Waals surface area contributed by atoms with Crippen molar-refractivity contribution < 1.29 is 40.8 Å². The topological polar surface area (TPSA) is 72.3 Å². The number of fused-ring (bicyclic) bond motifs is 1. The molecule has 0 spiro atoms. The Morgan fingerprint density at radius 3 is 2.41 bits per heavy atom. The number of carbonyl (C=O) groups excluding carboxylic acids is 1. The Hall–Kier alpha value is -4.29. The summed E-state index contributed by atoms with van der Waals surface area (Å²) in [6.07, 6.45) is -4.56. The molecule has 0 fully saturated rings. The van der Waals surface area contributed by atoms with E-state index < -0.39 is 57.2 Å². The highest BCUT2D eigenvalue weighted by Gasteiger charge is 2.62. The van der Waals surface area contributed by atoms with Crippen molar-refractivity contribution in [3.05, 3.63) is 116 Å². The van der Waals surface area contributed by atoms with Gasteiger partial charge in [0.25, 0.3) is 11.5 Å². The maximum Gasteiger partial charge on any atom is 0.435 e. The number of oxime groups is 2. The van der Waals surface area contributed by atoms with E-state index >= 15 is 0 Å². The number of carbonyl (C=O) groups is 1. The fourth-order valence-corrected chi connectivity index (χ4v) is 5.16. The number of alkyl halides is 3. The van der Waals surface area contributed by atoms with Crippen molar-refractivity contribution in [3.8, 4) is 0 Å². The van der Waals surface area contributed by atoms with E-state index in [0.29, 0.717) is 10.8 Å². The lowest BCUT2D eigenvalue weighted by Crippen LogP contribution is -2.42. The fraction of sp³-hybridized carbons (Fsp3) is 0.167. The Kier molecular flexibility index (Phi) is 8.76. The zero-order valence-corrected chi connectivity index (χ0v) is 23.7. The molecule has 1 aliphatic rings. The summed E-state index contributed by atoms with van der Waals surface area (Å²) >= 11 is 11.6.